The highest BCUT2D eigenvalue weighted by Crippen LogP contribution is 2.41. The molecule has 10 heteroatoms. The number of carbonyl (C=O) groups is 1. The van der Waals surface area contributed by atoms with Crippen molar-refractivity contribution >= 4 is 22.6 Å². The number of hydrogen-bond acceptors (Lipinski definition) is 7. The van der Waals surface area contributed by atoms with Crippen molar-refractivity contribution in [3.05, 3.63) is 101 Å². The predicted molar refractivity (Wildman–Crippen MR) is 155 cm³/mol. The van der Waals surface area contributed by atoms with Gasteiger partial charge in [-0.1, -0.05) is 12.1 Å². The van der Waals surface area contributed by atoms with E-state index in [2.05, 4.69) is 15.1 Å². The highest BCUT2D eigenvalue weighted by atomic mass is 19.1. The average Bonchev–Trinajstić information content (AvgIpc) is 3.62. The summed E-state index contributed by atoms with van der Waals surface area (Å²) in [5, 5.41) is 5.10. The normalized spacial score (nSPS) is 17.5. The Bertz CT molecular complexity index is 1850. The van der Waals surface area contributed by atoms with E-state index in [0.717, 1.165) is 33.2 Å². The molecule has 2 atom stereocenters. The third-order valence-corrected chi connectivity index (χ3v) is 8.15. The number of hydrogen-bond donors (Lipinski definition) is 1. The zero-order chi connectivity index (χ0) is 29.0. The Morgan fingerprint density at radius 2 is 2.07 bits per heavy atom. The molecule has 42 heavy (non-hydrogen) atoms. The number of ether oxygens (including phenoxy) is 2. The SMILES string of the molecule is CC1OCc2c1c(N)nc1ccc(C(=O)N(Cc3ncccc3F)C3CCOc4cc(-c5cnn(C)c5)ccc43)cc21. The summed E-state index contributed by atoms with van der Waals surface area (Å²) in [6, 6.07) is 13.9. The van der Waals surface area contributed by atoms with Gasteiger partial charge in [-0.05, 0) is 54.4 Å². The van der Waals surface area contributed by atoms with Crippen molar-refractivity contribution in [1.29, 1.82) is 0 Å². The van der Waals surface area contributed by atoms with Crippen LogP contribution in [0.1, 0.15) is 58.2 Å². The van der Waals surface area contributed by atoms with Crippen LogP contribution in [0, 0.1) is 5.82 Å². The molecule has 7 rings (SSSR count). The van der Waals surface area contributed by atoms with E-state index in [4.69, 9.17) is 15.2 Å². The number of nitrogens with two attached hydrogens (primary N) is 1. The predicted octanol–water partition coefficient (Wildman–Crippen LogP) is 5.51. The molecule has 5 aromatic rings. The second kappa shape index (κ2) is 10.2. The van der Waals surface area contributed by atoms with Gasteiger partial charge in [0.15, 0.2) is 0 Å². The lowest BCUT2D eigenvalue weighted by Crippen LogP contribution is -2.37. The second-order valence-electron chi connectivity index (χ2n) is 10.7. The summed E-state index contributed by atoms with van der Waals surface area (Å²) in [6.45, 7) is 2.74. The molecule has 0 aliphatic carbocycles. The maximum atomic E-state index is 14.9. The Hall–Kier alpha value is -4.83. The largest absolute Gasteiger partial charge is 0.493 e. The van der Waals surface area contributed by atoms with Gasteiger partial charge >= 0.3 is 0 Å². The molecule has 3 aromatic heterocycles. The van der Waals surface area contributed by atoms with Gasteiger partial charge in [-0.2, -0.15) is 5.10 Å². The van der Waals surface area contributed by atoms with E-state index >= 15 is 0 Å². The van der Waals surface area contributed by atoms with Gasteiger partial charge in [0, 0.05) is 53.5 Å². The molecule has 212 valence electrons. The highest BCUT2D eigenvalue weighted by Gasteiger charge is 2.33. The number of aryl methyl sites for hydroxylation is 1. The Balaban J connectivity index is 1.31. The zero-order valence-corrected chi connectivity index (χ0v) is 23.3. The molecule has 2 aromatic carbocycles. The number of halogens is 1. The van der Waals surface area contributed by atoms with Crippen LogP contribution < -0.4 is 10.5 Å². The van der Waals surface area contributed by atoms with Crippen LogP contribution in [0.25, 0.3) is 22.0 Å². The molecule has 0 saturated carbocycles. The summed E-state index contributed by atoms with van der Waals surface area (Å²) in [5.41, 5.74) is 12.2. The number of pyridine rings is 2. The highest BCUT2D eigenvalue weighted by molar-refractivity contribution is 5.99. The summed E-state index contributed by atoms with van der Waals surface area (Å²) < 4.78 is 28.6. The van der Waals surface area contributed by atoms with Crippen LogP contribution >= 0.6 is 0 Å². The van der Waals surface area contributed by atoms with Gasteiger partial charge < -0.3 is 20.1 Å². The summed E-state index contributed by atoms with van der Waals surface area (Å²) >= 11 is 0. The molecule has 5 heterocycles. The third-order valence-electron chi connectivity index (χ3n) is 8.15. The number of benzene rings is 2. The zero-order valence-electron chi connectivity index (χ0n) is 23.3. The molecule has 0 saturated heterocycles. The molecule has 2 unspecified atom stereocenters. The average molecular weight is 565 g/mol. The topological polar surface area (TPSA) is 108 Å². The molecule has 0 radical (unpaired) electrons. The van der Waals surface area contributed by atoms with Gasteiger partial charge in [0.25, 0.3) is 5.91 Å². The maximum absolute atomic E-state index is 14.9. The van der Waals surface area contributed by atoms with E-state index in [1.54, 1.807) is 34.0 Å². The number of carbonyl (C=O) groups excluding carboxylic acids is 1. The van der Waals surface area contributed by atoms with E-state index in [-0.39, 0.29) is 30.3 Å². The van der Waals surface area contributed by atoms with Crippen LogP contribution in [-0.4, -0.2) is 37.2 Å². The van der Waals surface area contributed by atoms with Crippen LogP contribution in [0.4, 0.5) is 10.2 Å². The first-order valence-electron chi connectivity index (χ1n) is 13.9. The van der Waals surface area contributed by atoms with E-state index < -0.39 is 5.82 Å². The van der Waals surface area contributed by atoms with Crippen LogP contribution in [0.15, 0.2) is 67.1 Å². The first kappa shape index (κ1) is 26.1. The van der Waals surface area contributed by atoms with E-state index in [9.17, 15) is 9.18 Å². The van der Waals surface area contributed by atoms with Crippen molar-refractivity contribution in [2.45, 2.75) is 38.6 Å². The minimum atomic E-state index is -0.461. The molecule has 0 fully saturated rings. The van der Waals surface area contributed by atoms with Crippen LogP contribution in [0.2, 0.25) is 0 Å². The fourth-order valence-electron chi connectivity index (χ4n) is 6.03. The molecular weight excluding hydrogens is 535 g/mol. The quantitative estimate of drug-likeness (QED) is 0.300. The van der Waals surface area contributed by atoms with Crippen molar-refractivity contribution in [2.75, 3.05) is 12.3 Å². The fraction of sp³-hybridized carbons (Fsp3) is 0.250. The van der Waals surface area contributed by atoms with Gasteiger partial charge in [-0.25, -0.2) is 9.37 Å². The summed E-state index contributed by atoms with van der Waals surface area (Å²) in [5.74, 6) is 0.428. The molecule has 0 bridgehead atoms. The minimum Gasteiger partial charge on any atom is -0.493 e. The Kier molecular flexibility index (Phi) is 6.35. The van der Waals surface area contributed by atoms with Crippen molar-refractivity contribution in [3.8, 4) is 16.9 Å². The molecule has 9 nitrogen and oxygen atoms in total. The van der Waals surface area contributed by atoms with Gasteiger partial charge in [-0.15, -0.1) is 0 Å². The summed E-state index contributed by atoms with van der Waals surface area (Å²) in [7, 11) is 1.87. The van der Waals surface area contributed by atoms with Gasteiger partial charge in [0.1, 0.15) is 17.4 Å². The number of rotatable bonds is 5. The number of anilines is 1. The lowest BCUT2D eigenvalue weighted by atomic mass is 9.94. The fourth-order valence-corrected chi connectivity index (χ4v) is 6.03. The van der Waals surface area contributed by atoms with Crippen molar-refractivity contribution in [1.82, 2.24) is 24.6 Å². The number of nitrogens with zero attached hydrogens (tertiary/aromatic N) is 5. The number of nitrogen functional groups attached to an aromatic ring is 1. The molecule has 1 amide bonds. The van der Waals surface area contributed by atoms with Crippen LogP contribution in [-0.2, 0) is 24.9 Å². The minimum absolute atomic E-state index is 0.00372. The van der Waals surface area contributed by atoms with Gasteiger partial charge in [0.05, 0.1) is 49.3 Å². The standard InChI is InChI=1S/C32H29FN6O3/c1-18-30-24(17-42-18)23-12-20(6-8-26(23)37-31(30)34)32(40)39(16-27-25(33)4-3-10-35-27)28-9-11-41-29-13-19(5-7-22(28)29)21-14-36-38(2)15-21/h3-8,10,12-15,18,28H,9,11,16-17H2,1-2H3,(H2,34,37). The van der Waals surface area contributed by atoms with E-state index in [1.807, 2.05) is 44.4 Å². The number of amides is 1. The number of fused-ring (bicyclic) bond motifs is 4. The first-order chi connectivity index (χ1) is 20.4. The lowest BCUT2D eigenvalue weighted by molar-refractivity contribution is 0.0596. The number of aromatic nitrogens is 4. The van der Waals surface area contributed by atoms with Crippen LogP contribution in [0.3, 0.4) is 0 Å². The summed E-state index contributed by atoms with van der Waals surface area (Å²) in [6.07, 6.45) is 5.65. The third kappa shape index (κ3) is 4.44. The summed E-state index contributed by atoms with van der Waals surface area (Å²) in [4.78, 5) is 24.9. The van der Waals surface area contributed by atoms with Gasteiger partial charge in [0.2, 0.25) is 0 Å². The van der Waals surface area contributed by atoms with E-state index in [1.165, 1.54) is 12.3 Å². The van der Waals surface area contributed by atoms with Crippen molar-refractivity contribution < 1.29 is 18.7 Å². The molecular formula is C32H29FN6O3. The monoisotopic (exact) mass is 564 g/mol. The molecule has 2 aliphatic heterocycles. The molecule has 2 N–H and O–H groups in total. The van der Waals surface area contributed by atoms with Gasteiger partial charge in [-0.3, -0.25) is 14.5 Å². The molecule has 0 spiro atoms. The van der Waals surface area contributed by atoms with Crippen LogP contribution in [0.5, 0.6) is 5.75 Å². The Morgan fingerprint density at radius 1 is 1.19 bits per heavy atom. The smallest absolute Gasteiger partial charge is 0.254 e. The second-order valence-corrected chi connectivity index (χ2v) is 10.7. The van der Waals surface area contributed by atoms with E-state index in [0.29, 0.717) is 42.3 Å². The lowest BCUT2D eigenvalue weighted by Gasteiger charge is -2.36. The Morgan fingerprint density at radius 3 is 2.88 bits per heavy atom. The first-order valence-corrected chi connectivity index (χ1v) is 13.9. The van der Waals surface area contributed by atoms with Crippen molar-refractivity contribution in [3.63, 3.8) is 0 Å². The maximum Gasteiger partial charge on any atom is 0.254 e. The Labute approximate surface area is 241 Å². The molecule has 2 aliphatic rings. The van der Waals surface area contributed by atoms with Crippen molar-refractivity contribution in [2.24, 2.45) is 7.05 Å².